The second kappa shape index (κ2) is 6.10. The van der Waals surface area contributed by atoms with E-state index in [-0.39, 0.29) is 25.1 Å². The molecule has 3 nitrogen and oxygen atoms in total. The van der Waals surface area contributed by atoms with E-state index in [9.17, 15) is 14.6 Å². The molecule has 4 heteroatoms. The zero-order valence-corrected chi connectivity index (χ0v) is 10.3. The third-order valence-electron chi connectivity index (χ3n) is 2.88. The van der Waals surface area contributed by atoms with Gasteiger partial charge in [-0.05, 0) is 31.0 Å². The van der Waals surface area contributed by atoms with E-state index >= 15 is 0 Å². The van der Waals surface area contributed by atoms with Crippen LogP contribution in [0.25, 0.3) is 0 Å². The first-order valence-electron chi connectivity index (χ1n) is 5.79. The molecule has 0 aromatic heterocycles. The fourth-order valence-electron chi connectivity index (χ4n) is 1.71. The molecule has 0 amide bonds. The zero-order valence-electron chi connectivity index (χ0n) is 10.3. The molecule has 17 heavy (non-hydrogen) atoms. The Morgan fingerprint density at radius 3 is 2.47 bits per heavy atom. The summed E-state index contributed by atoms with van der Waals surface area (Å²) in [5.41, 5.74) is 0.0631. The Bertz CT molecular complexity index is 353. The van der Waals surface area contributed by atoms with Crippen LogP contribution in [0.4, 0.5) is 4.39 Å². The lowest BCUT2D eigenvalue weighted by atomic mass is 9.98. The number of hydrogen-bond acceptors (Lipinski definition) is 3. The molecule has 1 unspecified atom stereocenters. The monoisotopic (exact) mass is 241 g/mol. The van der Waals surface area contributed by atoms with Crippen LogP contribution in [0, 0.1) is 5.82 Å². The lowest BCUT2D eigenvalue weighted by Crippen LogP contribution is -2.50. The van der Waals surface area contributed by atoms with E-state index in [0.717, 1.165) is 12.0 Å². The molecule has 1 rings (SSSR count). The van der Waals surface area contributed by atoms with Gasteiger partial charge in [0.2, 0.25) is 0 Å². The van der Waals surface area contributed by atoms with Gasteiger partial charge in [0.1, 0.15) is 5.82 Å². The van der Waals surface area contributed by atoms with Crippen molar-refractivity contribution in [1.29, 1.82) is 0 Å². The zero-order chi connectivity index (χ0) is 12.9. The van der Waals surface area contributed by atoms with Crippen molar-refractivity contribution >= 4 is 0 Å². The van der Waals surface area contributed by atoms with E-state index in [4.69, 9.17) is 0 Å². The number of rotatable bonds is 6. The highest BCUT2D eigenvalue weighted by molar-refractivity contribution is 5.20. The molecule has 1 aromatic rings. The molecule has 96 valence electrons. The molecule has 0 saturated carbocycles. The van der Waals surface area contributed by atoms with Crippen molar-refractivity contribution < 1.29 is 14.6 Å². The quantitative estimate of drug-likeness (QED) is 0.709. The van der Waals surface area contributed by atoms with E-state index in [1.807, 2.05) is 13.0 Å². The SMILES string of the molecule is CCC(NC(C)(CO)CO)c1cccc(F)c1. The summed E-state index contributed by atoms with van der Waals surface area (Å²) in [6.45, 7) is 3.36. The van der Waals surface area contributed by atoms with Gasteiger partial charge in [-0.1, -0.05) is 19.1 Å². The van der Waals surface area contributed by atoms with Crippen molar-refractivity contribution in [3.05, 3.63) is 35.6 Å². The fraction of sp³-hybridized carbons (Fsp3) is 0.538. The Morgan fingerprint density at radius 1 is 1.35 bits per heavy atom. The number of hydrogen-bond donors (Lipinski definition) is 3. The predicted molar refractivity (Wildman–Crippen MR) is 65.1 cm³/mol. The molecule has 0 aliphatic rings. The molecule has 1 aromatic carbocycles. The minimum absolute atomic E-state index is 0.0880. The van der Waals surface area contributed by atoms with Gasteiger partial charge in [0.05, 0.1) is 18.8 Å². The maximum Gasteiger partial charge on any atom is 0.123 e. The van der Waals surface area contributed by atoms with Crippen LogP contribution in [0.5, 0.6) is 0 Å². The molecule has 0 saturated heterocycles. The van der Waals surface area contributed by atoms with Crippen LogP contribution in [0.1, 0.15) is 31.9 Å². The summed E-state index contributed by atoms with van der Waals surface area (Å²) >= 11 is 0. The molecule has 0 heterocycles. The lowest BCUT2D eigenvalue weighted by molar-refractivity contribution is 0.0932. The summed E-state index contributed by atoms with van der Waals surface area (Å²) in [7, 11) is 0. The molecule has 3 N–H and O–H groups in total. The van der Waals surface area contributed by atoms with Gasteiger partial charge in [-0.25, -0.2) is 4.39 Å². The number of aliphatic hydroxyl groups excluding tert-OH is 2. The molecule has 1 atom stereocenters. The first-order valence-corrected chi connectivity index (χ1v) is 5.79. The average molecular weight is 241 g/mol. The Hall–Kier alpha value is -0.970. The van der Waals surface area contributed by atoms with Crippen molar-refractivity contribution in [2.45, 2.75) is 31.8 Å². The van der Waals surface area contributed by atoms with Crippen LogP contribution >= 0.6 is 0 Å². The lowest BCUT2D eigenvalue weighted by Gasteiger charge is -2.32. The van der Waals surface area contributed by atoms with Crippen LogP contribution in [0.2, 0.25) is 0 Å². The summed E-state index contributed by atoms with van der Waals surface area (Å²) in [6, 6.07) is 6.27. The van der Waals surface area contributed by atoms with Gasteiger partial charge < -0.3 is 15.5 Å². The number of halogens is 1. The van der Waals surface area contributed by atoms with Crippen molar-refractivity contribution in [3.8, 4) is 0 Å². The standard InChI is InChI=1S/C13H20FNO2/c1-3-12(15-13(2,8-16)9-17)10-5-4-6-11(14)7-10/h4-7,12,15-17H,3,8-9H2,1-2H3. The Morgan fingerprint density at radius 2 is 2.00 bits per heavy atom. The summed E-state index contributed by atoms with van der Waals surface area (Å²) < 4.78 is 13.1. The predicted octanol–water partition coefficient (Wildman–Crippen LogP) is 1.61. The van der Waals surface area contributed by atoms with E-state index < -0.39 is 5.54 Å². The third-order valence-corrected chi connectivity index (χ3v) is 2.88. The second-order valence-electron chi connectivity index (χ2n) is 4.54. The van der Waals surface area contributed by atoms with Gasteiger partial charge in [-0.2, -0.15) is 0 Å². The molecule has 0 fully saturated rings. The second-order valence-corrected chi connectivity index (χ2v) is 4.54. The molecular weight excluding hydrogens is 221 g/mol. The number of benzene rings is 1. The van der Waals surface area contributed by atoms with Gasteiger partial charge in [0.25, 0.3) is 0 Å². The average Bonchev–Trinajstić information content (AvgIpc) is 2.35. The van der Waals surface area contributed by atoms with E-state index in [1.54, 1.807) is 13.0 Å². The third kappa shape index (κ3) is 3.77. The maximum atomic E-state index is 13.1. The minimum atomic E-state index is -0.757. The van der Waals surface area contributed by atoms with Gasteiger partial charge in [0.15, 0.2) is 0 Å². The Labute approximate surface area is 101 Å². The molecule has 0 radical (unpaired) electrons. The molecule has 0 aliphatic heterocycles. The molecule has 0 aliphatic carbocycles. The Balaban J connectivity index is 2.85. The number of aliphatic hydroxyl groups is 2. The smallest absolute Gasteiger partial charge is 0.123 e. The normalized spacial score (nSPS) is 13.7. The molecule has 0 bridgehead atoms. The van der Waals surface area contributed by atoms with Crippen LogP contribution in [0.3, 0.4) is 0 Å². The van der Waals surface area contributed by atoms with Gasteiger partial charge in [-0.15, -0.1) is 0 Å². The van der Waals surface area contributed by atoms with Crippen LogP contribution in [-0.4, -0.2) is 29.0 Å². The first kappa shape index (κ1) is 14.1. The summed E-state index contributed by atoms with van der Waals surface area (Å²) in [5, 5.41) is 21.6. The minimum Gasteiger partial charge on any atom is -0.394 e. The summed E-state index contributed by atoms with van der Waals surface area (Å²) in [6.07, 6.45) is 0.749. The van der Waals surface area contributed by atoms with E-state index in [0.29, 0.717) is 0 Å². The van der Waals surface area contributed by atoms with Crippen molar-refractivity contribution in [3.63, 3.8) is 0 Å². The van der Waals surface area contributed by atoms with Crippen molar-refractivity contribution in [2.75, 3.05) is 13.2 Å². The number of nitrogens with one attached hydrogen (secondary N) is 1. The largest absolute Gasteiger partial charge is 0.394 e. The highest BCUT2D eigenvalue weighted by atomic mass is 19.1. The highest BCUT2D eigenvalue weighted by Gasteiger charge is 2.25. The van der Waals surface area contributed by atoms with E-state index in [2.05, 4.69) is 5.32 Å². The maximum absolute atomic E-state index is 13.1. The summed E-state index contributed by atoms with van der Waals surface area (Å²) in [5.74, 6) is -0.280. The topological polar surface area (TPSA) is 52.5 Å². The van der Waals surface area contributed by atoms with Crippen LogP contribution in [-0.2, 0) is 0 Å². The van der Waals surface area contributed by atoms with Gasteiger partial charge in [-0.3, -0.25) is 0 Å². The van der Waals surface area contributed by atoms with Crippen LogP contribution in [0.15, 0.2) is 24.3 Å². The van der Waals surface area contributed by atoms with E-state index in [1.165, 1.54) is 12.1 Å². The van der Waals surface area contributed by atoms with Crippen molar-refractivity contribution in [2.24, 2.45) is 0 Å². The molecule has 0 spiro atoms. The van der Waals surface area contributed by atoms with Gasteiger partial charge in [0, 0.05) is 6.04 Å². The van der Waals surface area contributed by atoms with Gasteiger partial charge >= 0.3 is 0 Å². The first-order chi connectivity index (χ1) is 8.04. The summed E-state index contributed by atoms with van der Waals surface area (Å²) in [4.78, 5) is 0. The molecular formula is C13H20FNO2. The van der Waals surface area contributed by atoms with Crippen molar-refractivity contribution in [1.82, 2.24) is 5.32 Å². The van der Waals surface area contributed by atoms with Crippen LogP contribution < -0.4 is 5.32 Å². The highest BCUT2D eigenvalue weighted by Crippen LogP contribution is 2.20. The Kier molecular flexibility index (Phi) is 5.05. The fourth-order valence-corrected chi connectivity index (χ4v) is 1.71.